The van der Waals surface area contributed by atoms with E-state index in [0.29, 0.717) is 18.1 Å². The van der Waals surface area contributed by atoms with Crippen LogP contribution in [0.3, 0.4) is 0 Å². The molecule has 1 aromatic rings. The summed E-state index contributed by atoms with van der Waals surface area (Å²) in [5.74, 6) is -0.425. The Labute approximate surface area is 152 Å². The van der Waals surface area contributed by atoms with Gasteiger partial charge in [0.2, 0.25) is 15.9 Å². The summed E-state index contributed by atoms with van der Waals surface area (Å²) in [4.78, 5) is 25.2. The summed E-state index contributed by atoms with van der Waals surface area (Å²) in [5.41, 5.74) is 0. The van der Waals surface area contributed by atoms with E-state index >= 15 is 0 Å². The lowest BCUT2D eigenvalue weighted by Gasteiger charge is -2.36. The second-order valence-electron chi connectivity index (χ2n) is 5.64. The lowest BCUT2D eigenvalue weighted by atomic mass is 10.2. The Morgan fingerprint density at radius 3 is 2.40 bits per heavy atom. The number of halogens is 1. The maximum Gasteiger partial charge on any atom is 0.321 e. The Morgan fingerprint density at radius 1 is 1.20 bits per heavy atom. The third kappa shape index (κ3) is 4.69. The van der Waals surface area contributed by atoms with Crippen LogP contribution < -0.4 is 10.6 Å². The summed E-state index contributed by atoms with van der Waals surface area (Å²) in [5, 5.41) is 4.90. The van der Waals surface area contributed by atoms with E-state index in [1.54, 1.807) is 19.1 Å². The molecule has 1 aromatic carbocycles. The number of carbonyl (C=O) groups is 2. The lowest BCUT2D eigenvalue weighted by Crippen LogP contribution is -2.56. The van der Waals surface area contributed by atoms with E-state index in [1.165, 1.54) is 23.5 Å². The number of carbonyl (C=O) groups excluding carboxylic acids is 2. The van der Waals surface area contributed by atoms with Crippen LogP contribution in [0.5, 0.6) is 0 Å². The van der Waals surface area contributed by atoms with Crippen molar-refractivity contribution in [3.8, 4) is 0 Å². The van der Waals surface area contributed by atoms with Crippen molar-refractivity contribution in [2.24, 2.45) is 0 Å². The molecule has 2 N–H and O–H groups in total. The van der Waals surface area contributed by atoms with E-state index in [0.717, 1.165) is 0 Å². The molecule has 3 amide bonds. The van der Waals surface area contributed by atoms with Crippen LogP contribution in [0.25, 0.3) is 0 Å². The minimum absolute atomic E-state index is 0.152. The van der Waals surface area contributed by atoms with Gasteiger partial charge in [0.15, 0.2) is 0 Å². The summed E-state index contributed by atoms with van der Waals surface area (Å²) in [7, 11) is -2.20. The van der Waals surface area contributed by atoms with Crippen molar-refractivity contribution in [1.29, 1.82) is 0 Å². The van der Waals surface area contributed by atoms with Crippen molar-refractivity contribution in [2.75, 3.05) is 33.2 Å². The van der Waals surface area contributed by atoms with E-state index in [1.807, 2.05) is 4.90 Å². The second kappa shape index (κ2) is 8.13. The second-order valence-corrected chi connectivity index (χ2v) is 8.02. The van der Waals surface area contributed by atoms with Crippen molar-refractivity contribution < 1.29 is 18.0 Å². The monoisotopic (exact) mass is 388 g/mol. The van der Waals surface area contributed by atoms with Crippen LogP contribution in [0, 0.1) is 0 Å². The molecular formula is C15H21ClN4O4S. The van der Waals surface area contributed by atoms with Crippen LogP contribution in [-0.2, 0) is 14.8 Å². The molecule has 1 aliphatic rings. The number of hydrogen-bond acceptors (Lipinski definition) is 5. The van der Waals surface area contributed by atoms with Crippen molar-refractivity contribution in [3.63, 3.8) is 0 Å². The normalized spacial score (nSPS) is 17.7. The van der Waals surface area contributed by atoms with Gasteiger partial charge in [0.25, 0.3) is 0 Å². The number of urea groups is 1. The standard InChI is InChI=1S/C15H21ClN4O4S/c1-11(14(21)18-15(22)17-2)19-6-8-20(9-7-19)25(23,24)13-5-3-4-12(16)10-13/h3-5,10-11H,6-9H2,1-2H3,(H2,17,18,21,22)/t11-/m1/s1. The van der Waals surface area contributed by atoms with E-state index in [9.17, 15) is 18.0 Å². The van der Waals surface area contributed by atoms with Gasteiger partial charge in [-0.2, -0.15) is 4.31 Å². The van der Waals surface area contributed by atoms with Gasteiger partial charge >= 0.3 is 6.03 Å². The number of nitrogens with zero attached hydrogens (tertiary/aromatic N) is 2. The molecule has 1 heterocycles. The van der Waals surface area contributed by atoms with Gasteiger partial charge in [0, 0.05) is 38.2 Å². The molecule has 0 aromatic heterocycles. The fourth-order valence-electron chi connectivity index (χ4n) is 2.55. The molecule has 1 saturated heterocycles. The van der Waals surface area contributed by atoms with Crippen molar-refractivity contribution in [2.45, 2.75) is 17.9 Å². The number of piperazine rings is 1. The first-order chi connectivity index (χ1) is 11.8. The van der Waals surface area contributed by atoms with Gasteiger partial charge in [0.05, 0.1) is 10.9 Å². The molecule has 8 nitrogen and oxygen atoms in total. The number of amides is 3. The summed E-state index contributed by atoms with van der Waals surface area (Å²) in [6, 6.07) is 5.03. The Bertz CT molecular complexity index is 748. The number of hydrogen-bond donors (Lipinski definition) is 2. The third-order valence-electron chi connectivity index (χ3n) is 4.10. The number of rotatable bonds is 4. The topological polar surface area (TPSA) is 98.8 Å². The highest BCUT2D eigenvalue weighted by Gasteiger charge is 2.32. The zero-order chi connectivity index (χ0) is 18.6. The maximum absolute atomic E-state index is 12.7. The van der Waals surface area contributed by atoms with Gasteiger partial charge in [-0.15, -0.1) is 0 Å². The molecule has 10 heteroatoms. The van der Waals surface area contributed by atoms with Crippen molar-refractivity contribution >= 4 is 33.6 Å². The van der Waals surface area contributed by atoms with E-state index in [-0.39, 0.29) is 18.0 Å². The van der Waals surface area contributed by atoms with Crippen molar-refractivity contribution in [1.82, 2.24) is 19.8 Å². The van der Waals surface area contributed by atoms with Gasteiger partial charge in [-0.05, 0) is 25.1 Å². The number of benzene rings is 1. The summed E-state index contributed by atoms with van der Waals surface area (Å²) >= 11 is 5.87. The molecule has 2 rings (SSSR count). The fraction of sp³-hybridized carbons (Fsp3) is 0.467. The molecule has 0 saturated carbocycles. The highest BCUT2D eigenvalue weighted by atomic mass is 35.5. The first kappa shape index (κ1) is 19.6. The van der Waals surface area contributed by atoms with Gasteiger partial charge in [0.1, 0.15) is 0 Å². The largest absolute Gasteiger partial charge is 0.341 e. The Kier molecular flexibility index (Phi) is 6.39. The predicted molar refractivity (Wildman–Crippen MR) is 93.8 cm³/mol. The first-order valence-corrected chi connectivity index (χ1v) is 9.60. The molecule has 138 valence electrons. The zero-order valence-corrected chi connectivity index (χ0v) is 15.6. The van der Waals surface area contributed by atoms with Gasteiger partial charge in [-0.25, -0.2) is 13.2 Å². The van der Waals surface area contributed by atoms with Gasteiger partial charge in [-0.1, -0.05) is 17.7 Å². The molecule has 0 spiro atoms. The quantitative estimate of drug-likeness (QED) is 0.782. The van der Waals surface area contributed by atoms with E-state index in [2.05, 4.69) is 10.6 Å². The van der Waals surface area contributed by atoms with Crippen LogP contribution in [0.15, 0.2) is 29.2 Å². The minimum atomic E-state index is -3.62. The Balaban J connectivity index is 1.99. The molecule has 0 radical (unpaired) electrons. The van der Waals surface area contributed by atoms with Gasteiger partial charge in [-0.3, -0.25) is 15.0 Å². The average molecular weight is 389 g/mol. The molecule has 0 bridgehead atoms. The smallest absolute Gasteiger partial charge is 0.321 e. The SMILES string of the molecule is CNC(=O)NC(=O)[C@@H](C)N1CCN(S(=O)(=O)c2cccc(Cl)c2)CC1. The maximum atomic E-state index is 12.7. The third-order valence-corrected chi connectivity index (χ3v) is 6.23. The van der Waals surface area contributed by atoms with E-state index in [4.69, 9.17) is 11.6 Å². The molecular weight excluding hydrogens is 368 g/mol. The molecule has 0 aliphatic carbocycles. The summed E-state index contributed by atoms with van der Waals surface area (Å²) in [6.45, 7) is 2.97. The summed E-state index contributed by atoms with van der Waals surface area (Å²) in [6.07, 6.45) is 0. The zero-order valence-electron chi connectivity index (χ0n) is 14.0. The van der Waals surface area contributed by atoms with Crippen LogP contribution in [0.2, 0.25) is 5.02 Å². The molecule has 0 unspecified atom stereocenters. The Hall–Kier alpha value is -1.68. The van der Waals surface area contributed by atoms with Gasteiger partial charge < -0.3 is 5.32 Å². The lowest BCUT2D eigenvalue weighted by molar-refractivity contribution is -0.125. The van der Waals surface area contributed by atoms with Crippen LogP contribution in [-0.4, -0.2) is 68.8 Å². The minimum Gasteiger partial charge on any atom is -0.341 e. The summed E-state index contributed by atoms with van der Waals surface area (Å²) < 4.78 is 26.7. The highest BCUT2D eigenvalue weighted by Crippen LogP contribution is 2.21. The van der Waals surface area contributed by atoms with Crippen LogP contribution >= 0.6 is 11.6 Å². The molecule has 25 heavy (non-hydrogen) atoms. The van der Waals surface area contributed by atoms with Crippen LogP contribution in [0.1, 0.15) is 6.92 Å². The number of sulfonamides is 1. The average Bonchev–Trinajstić information content (AvgIpc) is 2.61. The number of nitrogens with one attached hydrogen (secondary N) is 2. The van der Waals surface area contributed by atoms with E-state index < -0.39 is 28.0 Å². The highest BCUT2D eigenvalue weighted by molar-refractivity contribution is 7.89. The molecule has 1 fully saturated rings. The Morgan fingerprint density at radius 2 is 1.84 bits per heavy atom. The first-order valence-electron chi connectivity index (χ1n) is 7.78. The fourth-order valence-corrected chi connectivity index (χ4v) is 4.28. The van der Waals surface area contributed by atoms with Crippen LogP contribution in [0.4, 0.5) is 4.79 Å². The molecule has 1 aliphatic heterocycles. The molecule has 1 atom stereocenters. The van der Waals surface area contributed by atoms with Crippen molar-refractivity contribution in [3.05, 3.63) is 29.3 Å². The number of imide groups is 1. The predicted octanol–water partition coefficient (Wildman–Crippen LogP) is 0.490.